The van der Waals surface area contributed by atoms with Gasteiger partial charge in [-0.05, 0) is 43.7 Å². The highest BCUT2D eigenvalue weighted by Gasteiger charge is 2.31. The van der Waals surface area contributed by atoms with Gasteiger partial charge in [0.2, 0.25) is 17.4 Å². The molecule has 15 heteroatoms. The number of likely N-dealkylation sites (tertiary alicyclic amines) is 1. The van der Waals surface area contributed by atoms with Crippen molar-refractivity contribution in [3.8, 4) is 34.8 Å². The van der Waals surface area contributed by atoms with E-state index in [1.54, 1.807) is 17.9 Å². The maximum atomic E-state index is 15.7. The molecule has 3 aromatic rings. The number of aliphatic imine (C=N–C) groups is 1. The number of nitrogens with zero attached hydrogens (tertiary/aromatic N) is 3. The number of nitrogen functional groups attached to an aromatic ring is 1. The largest absolute Gasteiger partial charge is 0.504 e. The Morgan fingerprint density at radius 1 is 1.14 bits per heavy atom. The number of hydrogen-bond donors (Lipinski definition) is 5. The average molecular weight is 586 g/mol. The second kappa shape index (κ2) is 13.0. The van der Waals surface area contributed by atoms with Crippen LogP contribution in [0.15, 0.2) is 47.5 Å². The van der Waals surface area contributed by atoms with Gasteiger partial charge in [-0.2, -0.15) is 13.8 Å². The van der Waals surface area contributed by atoms with Crippen LogP contribution in [0.1, 0.15) is 18.9 Å². The van der Waals surface area contributed by atoms with E-state index in [2.05, 4.69) is 9.98 Å². The number of halogens is 2. The molecule has 1 aliphatic heterocycles. The predicted molar refractivity (Wildman–Crippen MR) is 147 cm³/mol. The fourth-order valence-electron chi connectivity index (χ4n) is 4.06. The summed E-state index contributed by atoms with van der Waals surface area (Å²) in [4.78, 5) is 21.3. The highest BCUT2D eigenvalue weighted by Crippen LogP contribution is 2.40. The number of nitrogens with two attached hydrogens (primary N) is 3. The summed E-state index contributed by atoms with van der Waals surface area (Å²) in [5, 5.41) is 17.9. The molecule has 1 fully saturated rings. The second-order valence-electron chi connectivity index (χ2n) is 9.08. The van der Waals surface area contributed by atoms with Crippen LogP contribution in [0, 0.1) is 17.0 Å². The molecule has 42 heavy (non-hydrogen) atoms. The number of pyridine rings is 1. The van der Waals surface area contributed by atoms with Gasteiger partial charge in [-0.1, -0.05) is 6.07 Å². The number of aromatic hydroxyl groups is 1. The molecular weight excluding hydrogens is 556 g/mol. The lowest BCUT2D eigenvalue weighted by Gasteiger charge is -2.19. The van der Waals surface area contributed by atoms with Gasteiger partial charge in [0.15, 0.2) is 17.5 Å². The summed E-state index contributed by atoms with van der Waals surface area (Å²) in [6.45, 7) is 2.53. The van der Waals surface area contributed by atoms with Gasteiger partial charge in [-0.3, -0.25) is 15.1 Å². The minimum atomic E-state index is -1.31. The molecule has 222 valence electrons. The van der Waals surface area contributed by atoms with Gasteiger partial charge in [0, 0.05) is 24.7 Å². The van der Waals surface area contributed by atoms with Crippen LogP contribution in [0.2, 0.25) is 0 Å². The molecular formula is C27H29F2N7O6. The normalized spacial score (nSPS) is 14.7. The molecule has 1 atom stereocenters. The van der Waals surface area contributed by atoms with Crippen LogP contribution in [0.25, 0.3) is 0 Å². The Morgan fingerprint density at radius 2 is 1.88 bits per heavy atom. The molecule has 2 heterocycles. The molecule has 0 bridgehead atoms. The zero-order valence-corrected chi connectivity index (χ0v) is 22.5. The van der Waals surface area contributed by atoms with Crippen molar-refractivity contribution in [2.24, 2.45) is 22.2 Å². The van der Waals surface area contributed by atoms with E-state index in [4.69, 9.17) is 41.6 Å². The number of esters is 1. The molecule has 0 aliphatic carbocycles. The van der Waals surface area contributed by atoms with Gasteiger partial charge in [-0.25, -0.2) is 4.99 Å². The van der Waals surface area contributed by atoms with Crippen LogP contribution in [-0.2, 0) is 9.53 Å². The highest BCUT2D eigenvalue weighted by molar-refractivity contribution is 5.95. The van der Waals surface area contributed by atoms with Crippen LogP contribution < -0.4 is 31.4 Å². The zero-order chi connectivity index (χ0) is 30.4. The summed E-state index contributed by atoms with van der Waals surface area (Å²) in [7, 11) is 0. The van der Waals surface area contributed by atoms with E-state index in [9.17, 15) is 9.90 Å². The quantitative estimate of drug-likeness (QED) is 0.126. The van der Waals surface area contributed by atoms with Crippen molar-refractivity contribution in [2.75, 3.05) is 26.2 Å². The van der Waals surface area contributed by atoms with Gasteiger partial charge < -0.3 is 41.3 Å². The van der Waals surface area contributed by atoms with Crippen molar-refractivity contribution in [1.82, 2.24) is 9.88 Å². The molecule has 8 N–H and O–H groups in total. The minimum Gasteiger partial charge on any atom is -0.504 e. The molecule has 0 spiro atoms. The van der Waals surface area contributed by atoms with E-state index in [0.717, 1.165) is 0 Å². The third-order valence-electron chi connectivity index (χ3n) is 5.92. The first-order valence-corrected chi connectivity index (χ1v) is 12.7. The topological polar surface area (TPSA) is 205 Å². The lowest BCUT2D eigenvalue weighted by atomic mass is 10.2. The van der Waals surface area contributed by atoms with E-state index >= 15 is 8.78 Å². The molecule has 1 aromatic heterocycles. The smallest absolute Gasteiger partial charge is 0.320 e. The maximum Gasteiger partial charge on any atom is 0.320 e. The Balaban J connectivity index is 1.69. The van der Waals surface area contributed by atoms with Crippen LogP contribution in [0.3, 0.4) is 0 Å². The van der Waals surface area contributed by atoms with Crippen molar-refractivity contribution in [3.05, 3.63) is 59.7 Å². The fourth-order valence-corrected chi connectivity index (χ4v) is 4.06. The van der Waals surface area contributed by atoms with E-state index < -0.39 is 47.0 Å². The second-order valence-corrected chi connectivity index (χ2v) is 9.08. The van der Waals surface area contributed by atoms with Crippen LogP contribution in [-0.4, -0.2) is 65.1 Å². The van der Waals surface area contributed by atoms with Crippen LogP contribution >= 0.6 is 0 Å². The first kappa shape index (κ1) is 29.8. The number of phenolic OH excluding ortho intramolecular Hbond substituents is 1. The number of ether oxygens (including phenoxy) is 4. The predicted octanol–water partition coefficient (Wildman–Crippen LogP) is 2.86. The number of guanidine groups is 1. The van der Waals surface area contributed by atoms with E-state index in [1.807, 2.05) is 0 Å². The summed E-state index contributed by atoms with van der Waals surface area (Å²) < 4.78 is 53.2. The Kier molecular flexibility index (Phi) is 9.22. The molecule has 1 unspecified atom stereocenters. The lowest BCUT2D eigenvalue weighted by molar-refractivity contribution is -0.144. The number of benzene rings is 2. The molecule has 2 aromatic carbocycles. The molecule has 1 saturated heterocycles. The Labute approximate surface area is 239 Å². The Morgan fingerprint density at radius 3 is 2.57 bits per heavy atom. The number of aromatic nitrogens is 1. The maximum absolute atomic E-state index is 15.7. The van der Waals surface area contributed by atoms with E-state index in [0.29, 0.717) is 18.7 Å². The standard InChI is InChI=1S/C27H29F2N7O6/c1-2-39-20(38)13-36-9-8-17(12-36)40-23-21(28)25(41-16-5-3-4-15(11-16)34-27(32)33)35-26(22(23)29)42-19-10-14(24(30)31)6-7-18(19)37/h3-7,10-11,17,37H,2,8-9,12-13H2,1H3,(H3,30,31)(H4,32,33,34). The molecule has 1 aliphatic rings. The number of carbonyl (C=O) groups excluding carboxylic acids is 1. The van der Waals surface area contributed by atoms with Gasteiger partial charge in [0.05, 0.1) is 18.8 Å². The van der Waals surface area contributed by atoms with Crippen molar-refractivity contribution >= 4 is 23.5 Å². The first-order valence-electron chi connectivity index (χ1n) is 12.7. The molecule has 0 saturated carbocycles. The van der Waals surface area contributed by atoms with Crippen molar-refractivity contribution in [1.29, 1.82) is 5.41 Å². The summed E-state index contributed by atoms with van der Waals surface area (Å²) in [6.07, 6.45) is -0.346. The Hall–Kier alpha value is -5.18. The number of nitrogens with one attached hydrogen (secondary N) is 1. The van der Waals surface area contributed by atoms with Crippen molar-refractivity contribution < 1.29 is 37.6 Å². The van der Waals surface area contributed by atoms with Crippen molar-refractivity contribution in [3.63, 3.8) is 0 Å². The average Bonchev–Trinajstić information content (AvgIpc) is 3.36. The van der Waals surface area contributed by atoms with Crippen molar-refractivity contribution in [2.45, 2.75) is 19.4 Å². The third kappa shape index (κ3) is 7.31. The minimum absolute atomic E-state index is 0.00433. The Bertz CT molecular complexity index is 1520. The van der Waals surface area contributed by atoms with Gasteiger partial charge in [-0.15, -0.1) is 0 Å². The first-order chi connectivity index (χ1) is 20.0. The number of rotatable bonds is 11. The van der Waals surface area contributed by atoms with Crippen LogP contribution in [0.4, 0.5) is 14.5 Å². The molecule has 0 amide bonds. The SMILES string of the molecule is CCOC(=O)CN1CCC(Oc2c(F)c(Oc3cccc(N=C(N)N)c3)nc(Oc3cc(C(=N)N)ccc3O)c2F)C1. The van der Waals surface area contributed by atoms with Gasteiger partial charge in [0.1, 0.15) is 17.7 Å². The fraction of sp³-hybridized carbons (Fsp3) is 0.259. The monoisotopic (exact) mass is 585 g/mol. The summed E-state index contributed by atoms with van der Waals surface area (Å²) >= 11 is 0. The lowest BCUT2D eigenvalue weighted by Crippen LogP contribution is -2.31. The number of hydrogen-bond acceptors (Lipinski definition) is 10. The molecule has 13 nitrogen and oxygen atoms in total. The van der Waals surface area contributed by atoms with Gasteiger partial charge >= 0.3 is 5.97 Å². The number of amidine groups is 1. The summed E-state index contributed by atoms with van der Waals surface area (Å²) in [6, 6.07) is 9.68. The van der Waals surface area contributed by atoms with Crippen LogP contribution in [0.5, 0.6) is 34.8 Å². The highest BCUT2D eigenvalue weighted by atomic mass is 19.1. The molecule has 0 radical (unpaired) electrons. The zero-order valence-electron chi connectivity index (χ0n) is 22.5. The summed E-state index contributed by atoms with van der Waals surface area (Å²) in [5.74, 6) is -6.61. The number of phenols is 1. The number of carbonyl (C=O) groups is 1. The third-order valence-corrected chi connectivity index (χ3v) is 5.92. The van der Waals surface area contributed by atoms with E-state index in [-0.39, 0.29) is 48.6 Å². The summed E-state index contributed by atoms with van der Waals surface area (Å²) in [5.41, 5.74) is 16.8. The molecule has 4 rings (SSSR count). The van der Waals surface area contributed by atoms with Gasteiger partial charge in [0.25, 0.3) is 11.8 Å². The van der Waals surface area contributed by atoms with E-state index in [1.165, 1.54) is 36.4 Å².